The third-order valence-electron chi connectivity index (χ3n) is 11.4. The number of hydrogen-bond acceptors (Lipinski definition) is 2. The van der Waals surface area contributed by atoms with E-state index in [1.807, 2.05) is 0 Å². The van der Waals surface area contributed by atoms with Crippen LogP contribution >= 0.6 is 0 Å². The lowest BCUT2D eigenvalue weighted by molar-refractivity contribution is 0.0977. The fraction of sp³-hybridized carbons (Fsp3) is 1.00. The van der Waals surface area contributed by atoms with Gasteiger partial charge >= 0.3 is 0 Å². The molecule has 0 aliphatic carbocycles. The van der Waals surface area contributed by atoms with Gasteiger partial charge in [-0.25, -0.2) is 0 Å². The minimum absolute atomic E-state index is 0.945. The first-order valence-electron chi connectivity index (χ1n) is 22.2. The maximum absolute atomic E-state index is 2.88. The van der Waals surface area contributed by atoms with Crippen LogP contribution in [0.1, 0.15) is 233 Å². The smallest absolute Gasteiger partial charge is 0.0110 e. The third kappa shape index (κ3) is 27.8. The largest absolute Gasteiger partial charge is 0.301 e. The van der Waals surface area contributed by atoms with Crippen molar-refractivity contribution in [1.82, 2.24) is 9.80 Å². The molecule has 276 valence electrons. The van der Waals surface area contributed by atoms with E-state index in [9.17, 15) is 0 Å². The summed E-state index contributed by atoms with van der Waals surface area (Å²) < 4.78 is 0. The Morgan fingerprint density at radius 1 is 0.283 bits per heavy atom. The van der Waals surface area contributed by atoms with Gasteiger partial charge in [0.1, 0.15) is 0 Å². The van der Waals surface area contributed by atoms with Crippen LogP contribution in [-0.4, -0.2) is 49.1 Å². The van der Waals surface area contributed by atoms with E-state index >= 15 is 0 Å². The Morgan fingerprint density at radius 2 is 0.478 bits per heavy atom. The van der Waals surface area contributed by atoms with E-state index in [0.29, 0.717) is 0 Å². The highest BCUT2D eigenvalue weighted by molar-refractivity contribution is 4.77. The van der Waals surface area contributed by atoms with E-state index in [1.165, 1.54) is 245 Å². The van der Waals surface area contributed by atoms with Crippen molar-refractivity contribution in [3.63, 3.8) is 0 Å². The standard InChI is InChI=1S/C44H90N2/c1-5-9-13-17-21-23-27-31-35-43(33-29-25-19-15-11-7-3)41-45-37-39-46(40-38-45)42-44(34-30-26-20-16-12-8-4)36-32-28-24-22-18-14-10-6-2/h43-44H,5-42H2,1-4H3. The summed E-state index contributed by atoms with van der Waals surface area (Å²) in [5.74, 6) is 1.89. The molecule has 1 saturated heterocycles. The molecule has 2 unspecified atom stereocenters. The molecule has 0 spiro atoms. The first-order chi connectivity index (χ1) is 22.7. The highest BCUT2D eigenvalue weighted by atomic mass is 15.3. The van der Waals surface area contributed by atoms with Crippen molar-refractivity contribution >= 4 is 0 Å². The number of unbranched alkanes of at least 4 members (excludes halogenated alkanes) is 24. The second-order valence-corrected chi connectivity index (χ2v) is 16.0. The fourth-order valence-corrected chi connectivity index (χ4v) is 8.10. The zero-order valence-corrected chi connectivity index (χ0v) is 32.9. The molecular formula is C44H90N2. The molecule has 0 amide bonds. The first kappa shape index (κ1) is 43.9. The van der Waals surface area contributed by atoms with Gasteiger partial charge in [0.05, 0.1) is 0 Å². The van der Waals surface area contributed by atoms with Crippen LogP contribution in [-0.2, 0) is 0 Å². The van der Waals surface area contributed by atoms with Gasteiger partial charge in [-0.05, 0) is 37.5 Å². The number of rotatable bonds is 36. The molecule has 0 bridgehead atoms. The minimum atomic E-state index is 0.945. The Hall–Kier alpha value is -0.0800. The van der Waals surface area contributed by atoms with Crippen molar-refractivity contribution in [2.75, 3.05) is 39.3 Å². The molecule has 0 aromatic rings. The van der Waals surface area contributed by atoms with Gasteiger partial charge in [-0.2, -0.15) is 0 Å². The van der Waals surface area contributed by atoms with Crippen molar-refractivity contribution in [2.45, 2.75) is 233 Å². The van der Waals surface area contributed by atoms with Crippen LogP contribution in [0.3, 0.4) is 0 Å². The number of piperazine rings is 1. The Balaban J connectivity index is 2.44. The molecule has 1 heterocycles. The Labute approximate surface area is 293 Å². The molecule has 2 atom stereocenters. The van der Waals surface area contributed by atoms with E-state index in [-0.39, 0.29) is 0 Å². The normalized spacial score (nSPS) is 15.9. The van der Waals surface area contributed by atoms with Crippen molar-refractivity contribution in [3.05, 3.63) is 0 Å². The molecule has 46 heavy (non-hydrogen) atoms. The molecule has 0 radical (unpaired) electrons. The quantitative estimate of drug-likeness (QED) is 0.0625. The van der Waals surface area contributed by atoms with Gasteiger partial charge in [0, 0.05) is 39.3 Å². The van der Waals surface area contributed by atoms with E-state index in [2.05, 4.69) is 37.5 Å². The molecule has 1 aliphatic heterocycles. The van der Waals surface area contributed by atoms with Crippen molar-refractivity contribution in [2.24, 2.45) is 11.8 Å². The van der Waals surface area contributed by atoms with Crippen LogP contribution in [0.5, 0.6) is 0 Å². The molecule has 0 aromatic carbocycles. The van der Waals surface area contributed by atoms with E-state index in [4.69, 9.17) is 0 Å². The first-order valence-corrected chi connectivity index (χ1v) is 22.2. The molecule has 1 aliphatic rings. The summed E-state index contributed by atoms with van der Waals surface area (Å²) in [5, 5.41) is 0. The van der Waals surface area contributed by atoms with E-state index in [0.717, 1.165) is 11.8 Å². The molecular weight excluding hydrogens is 556 g/mol. The summed E-state index contributed by atoms with van der Waals surface area (Å²) in [5.41, 5.74) is 0. The van der Waals surface area contributed by atoms with Crippen LogP contribution in [0, 0.1) is 11.8 Å². The van der Waals surface area contributed by atoms with Crippen LogP contribution < -0.4 is 0 Å². The van der Waals surface area contributed by atoms with Crippen LogP contribution in [0.25, 0.3) is 0 Å². The fourth-order valence-electron chi connectivity index (χ4n) is 8.10. The third-order valence-corrected chi connectivity index (χ3v) is 11.4. The topological polar surface area (TPSA) is 6.48 Å². The molecule has 0 N–H and O–H groups in total. The highest BCUT2D eigenvalue weighted by Gasteiger charge is 2.22. The maximum Gasteiger partial charge on any atom is 0.0110 e. The summed E-state index contributed by atoms with van der Waals surface area (Å²) in [6.45, 7) is 17.4. The Morgan fingerprint density at radius 3 is 0.696 bits per heavy atom. The molecule has 1 fully saturated rings. The summed E-state index contributed by atoms with van der Waals surface area (Å²) in [4.78, 5) is 5.76. The minimum Gasteiger partial charge on any atom is -0.301 e. The molecule has 1 rings (SSSR count). The SMILES string of the molecule is CCCCCCCCCCC(CCCCCCCC)CN1CCN(CC(CCCCCCCC)CCCCCCCCCC)CC1. The van der Waals surface area contributed by atoms with E-state index in [1.54, 1.807) is 0 Å². The van der Waals surface area contributed by atoms with Gasteiger partial charge < -0.3 is 9.80 Å². The summed E-state index contributed by atoms with van der Waals surface area (Å²) in [6, 6.07) is 0. The monoisotopic (exact) mass is 647 g/mol. The van der Waals surface area contributed by atoms with Crippen LogP contribution in [0.4, 0.5) is 0 Å². The maximum atomic E-state index is 2.88. The molecule has 2 heteroatoms. The molecule has 0 saturated carbocycles. The van der Waals surface area contributed by atoms with Crippen molar-refractivity contribution in [1.29, 1.82) is 0 Å². The van der Waals surface area contributed by atoms with Gasteiger partial charge in [0.15, 0.2) is 0 Å². The lowest BCUT2D eigenvalue weighted by Crippen LogP contribution is -2.49. The van der Waals surface area contributed by atoms with Gasteiger partial charge in [-0.3, -0.25) is 0 Å². The zero-order chi connectivity index (χ0) is 33.2. The summed E-state index contributed by atoms with van der Waals surface area (Å²) in [7, 11) is 0. The highest BCUT2D eigenvalue weighted by Crippen LogP contribution is 2.24. The average molecular weight is 647 g/mol. The van der Waals surface area contributed by atoms with Crippen molar-refractivity contribution < 1.29 is 0 Å². The lowest BCUT2D eigenvalue weighted by atomic mass is 9.92. The van der Waals surface area contributed by atoms with Gasteiger partial charge in [-0.1, -0.05) is 207 Å². The van der Waals surface area contributed by atoms with Crippen LogP contribution in [0.15, 0.2) is 0 Å². The summed E-state index contributed by atoms with van der Waals surface area (Å²) >= 11 is 0. The predicted molar refractivity (Wildman–Crippen MR) is 210 cm³/mol. The Kier molecular flexibility index (Phi) is 33.2. The predicted octanol–water partition coefficient (Wildman–Crippen LogP) is 14.4. The number of nitrogens with zero attached hydrogens (tertiary/aromatic N) is 2. The zero-order valence-electron chi connectivity index (χ0n) is 32.9. The Bertz CT molecular complexity index is 518. The second-order valence-electron chi connectivity index (χ2n) is 16.0. The molecule has 2 nitrogen and oxygen atoms in total. The van der Waals surface area contributed by atoms with Crippen molar-refractivity contribution in [3.8, 4) is 0 Å². The number of hydrogen-bond donors (Lipinski definition) is 0. The van der Waals surface area contributed by atoms with Crippen LogP contribution in [0.2, 0.25) is 0 Å². The second kappa shape index (κ2) is 34.8. The lowest BCUT2D eigenvalue weighted by Gasteiger charge is -2.38. The van der Waals surface area contributed by atoms with Gasteiger partial charge in [-0.15, -0.1) is 0 Å². The summed E-state index contributed by atoms with van der Waals surface area (Å²) in [6.07, 6.45) is 46.6. The average Bonchev–Trinajstić information content (AvgIpc) is 3.07. The van der Waals surface area contributed by atoms with Gasteiger partial charge in [0.2, 0.25) is 0 Å². The van der Waals surface area contributed by atoms with Gasteiger partial charge in [0.25, 0.3) is 0 Å². The van der Waals surface area contributed by atoms with E-state index < -0.39 is 0 Å². The molecule has 0 aromatic heterocycles.